The minimum Gasteiger partial charge on any atom is -0.363 e. The van der Waals surface area contributed by atoms with Crippen LogP contribution in [0.15, 0.2) is 101 Å². The van der Waals surface area contributed by atoms with Crippen molar-refractivity contribution in [3.8, 4) is 0 Å². The van der Waals surface area contributed by atoms with E-state index in [1.807, 2.05) is 0 Å². The van der Waals surface area contributed by atoms with Gasteiger partial charge in [-0.05, 0) is 71.4 Å². The summed E-state index contributed by atoms with van der Waals surface area (Å²) in [6, 6.07) is 22.1. The Morgan fingerprint density at radius 3 is 1.44 bits per heavy atom. The van der Waals surface area contributed by atoms with Crippen LogP contribution in [0.5, 0.6) is 0 Å². The Hall–Kier alpha value is -4.86. The van der Waals surface area contributed by atoms with Crippen LogP contribution in [0.2, 0.25) is 0 Å². The standard InChI is InChI=1S/C21H24N3O7PS.C17H24N3O7PS/c1-3-30-32(27,31-4-2)21(15-9-6-5-7-10-15)23-20-17-11-8-12-19(33(22,28)29)16(17)13-14-18(20)24(25)26;1-5-26-28(23,27-6-2)17(3,4)19-16-13-8-7-9-15(29(18,24)25)12(13)10-11-14(16)20(21)22/h5-14,21,23H,3-4H2,1-2H3,(H2,22,28,29);7-11,19H,5-6H2,1-4H3,(H2,18,24,25). The van der Waals surface area contributed by atoms with Crippen LogP contribution in [0.1, 0.15) is 52.9 Å². The number of nitrogens with two attached hydrogens (primary N) is 2. The van der Waals surface area contributed by atoms with Crippen molar-refractivity contribution in [3.63, 3.8) is 0 Å². The van der Waals surface area contributed by atoms with Crippen molar-refractivity contribution >= 4 is 79.5 Å². The van der Waals surface area contributed by atoms with E-state index in [0.29, 0.717) is 5.56 Å². The van der Waals surface area contributed by atoms with Crippen LogP contribution in [0, 0.1) is 20.2 Å². The molecule has 5 rings (SSSR count). The second-order valence-corrected chi connectivity index (χ2v) is 21.4. The Morgan fingerprint density at radius 1 is 0.613 bits per heavy atom. The lowest BCUT2D eigenvalue weighted by atomic mass is 10.1. The zero-order chi connectivity index (χ0) is 46.3. The monoisotopic (exact) mass is 938 g/mol. The maximum Gasteiger partial charge on any atom is 0.357 e. The fourth-order valence-electron chi connectivity index (χ4n) is 6.46. The molecule has 0 heterocycles. The summed E-state index contributed by atoms with van der Waals surface area (Å²) in [5.41, 5.74) is -0.193. The minimum atomic E-state index is -4.11. The van der Waals surface area contributed by atoms with Crippen molar-refractivity contribution in [3.05, 3.63) is 117 Å². The molecule has 0 aliphatic heterocycles. The summed E-state index contributed by atoms with van der Waals surface area (Å²) in [7, 11) is -15.8. The van der Waals surface area contributed by atoms with Gasteiger partial charge in [-0.2, -0.15) is 0 Å². The molecule has 24 heteroatoms. The molecule has 1 unspecified atom stereocenters. The van der Waals surface area contributed by atoms with Crippen molar-refractivity contribution in [2.45, 2.75) is 62.4 Å². The Morgan fingerprint density at radius 2 is 1.03 bits per heavy atom. The van der Waals surface area contributed by atoms with Gasteiger partial charge in [-0.25, -0.2) is 27.1 Å². The summed E-state index contributed by atoms with van der Waals surface area (Å²) in [5.74, 6) is -1.11. The lowest BCUT2D eigenvalue weighted by Crippen LogP contribution is -2.33. The van der Waals surface area contributed by atoms with Gasteiger partial charge < -0.3 is 28.7 Å². The van der Waals surface area contributed by atoms with Gasteiger partial charge in [0.25, 0.3) is 11.4 Å². The van der Waals surface area contributed by atoms with Gasteiger partial charge in [0.05, 0.1) is 46.1 Å². The normalized spacial score (nSPS) is 13.0. The highest BCUT2D eigenvalue weighted by molar-refractivity contribution is 7.89. The predicted molar refractivity (Wildman–Crippen MR) is 236 cm³/mol. The zero-order valence-corrected chi connectivity index (χ0v) is 38.0. The van der Waals surface area contributed by atoms with E-state index < -0.39 is 56.1 Å². The summed E-state index contributed by atoms with van der Waals surface area (Å²) >= 11 is 0. The molecular weight excluding hydrogens is 891 g/mol. The van der Waals surface area contributed by atoms with Gasteiger partial charge >= 0.3 is 15.2 Å². The molecule has 0 aliphatic carbocycles. The molecule has 0 fully saturated rings. The van der Waals surface area contributed by atoms with Gasteiger partial charge in [0.1, 0.15) is 16.7 Å². The molecule has 20 nitrogen and oxygen atoms in total. The average Bonchev–Trinajstić information content (AvgIpc) is 3.19. The first-order valence-corrected chi connectivity index (χ1v) is 25.1. The number of nitro benzene ring substituents is 2. The van der Waals surface area contributed by atoms with Crippen LogP contribution >= 0.6 is 15.2 Å². The van der Waals surface area contributed by atoms with Gasteiger partial charge in [-0.3, -0.25) is 29.4 Å². The molecule has 5 aromatic carbocycles. The molecule has 6 N–H and O–H groups in total. The second kappa shape index (κ2) is 20.1. The molecular formula is C38H48N6O14P2S2. The third-order valence-corrected chi connectivity index (χ3v) is 16.0. The van der Waals surface area contributed by atoms with E-state index in [-0.39, 0.29) is 80.5 Å². The Kier molecular flexibility index (Phi) is 16.1. The van der Waals surface area contributed by atoms with Gasteiger partial charge in [-0.15, -0.1) is 0 Å². The number of nitrogens with zero attached hydrogens (tertiary/aromatic N) is 2. The molecule has 1 atom stereocenters. The number of fused-ring (bicyclic) bond motifs is 2. The van der Waals surface area contributed by atoms with Gasteiger partial charge in [0.15, 0.2) is 5.78 Å². The van der Waals surface area contributed by atoms with E-state index >= 15 is 0 Å². The average molecular weight is 939 g/mol. The number of rotatable bonds is 19. The first-order chi connectivity index (χ1) is 29.0. The second-order valence-electron chi connectivity index (χ2n) is 13.6. The number of nitrogens with one attached hydrogen (secondary N) is 2. The lowest BCUT2D eigenvalue weighted by Gasteiger charge is -2.34. The van der Waals surface area contributed by atoms with E-state index in [4.69, 9.17) is 28.4 Å². The fourth-order valence-corrected chi connectivity index (χ4v) is 11.5. The Balaban J connectivity index is 0.000000275. The van der Waals surface area contributed by atoms with Crippen LogP contribution < -0.4 is 20.9 Å². The minimum absolute atomic E-state index is 0.0115. The largest absolute Gasteiger partial charge is 0.363 e. The maximum atomic E-state index is 13.8. The molecule has 0 aromatic heterocycles. The number of anilines is 2. The first kappa shape index (κ1) is 49.8. The van der Waals surface area contributed by atoms with Crippen molar-refractivity contribution in [1.29, 1.82) is 0 Å². The summed E-state index contributed by atoms with van der Waals surface area (Å²) in [6.07, 6.45) is 0. The third kappa shape index (κ3) is 11.0. The predicted octanol–water partition coefficient (Wildman–Crippen LogP) is 8.58. The van der Waals surface area contributed by atoms with Crippen LogP contribution in [0.4, 0.5) is 22.7 Å². The van der Waals surface area contributed by atoms with Crippen molar-refractivity contribution in [2.75, 3.05) is 37.1 Å². The van der Waals surface area contributed by atoms with Crippen LogP contribution in [-0.4, -0.2) is 58.4 Å². The molecule has 0 saturated heterocycles. The van der Waals surface area contributed by atoms with Crippen molar-refractivity contribution in [2.24, 2.45) is 10.3 Å². The summed E-state index contributed by atoms with van der Waals surface area (Å²) < 4.78 is 96.9. The smallest absolute Gasteiger partial charge is 0.357 e. The molecule has 0 saturated carbocycles. The number of hydrogen-bond donors (Lipinski definition) is 4. The highest BCUT2D eigenvalue weighted by atomic mass is 32.2. The highest BCUT2D eigenvalue weighted by Crippen LogP contribution is 2.62. The summed E-state index contributed by atoms with van der Waals surface area (Å²) in [4.78, 5) is 21.9. The Bertz CT molecular complexity index is 2760. The zero-order valence-electron chi connectivity index (χ0n) is 34.5. The molecule has 0 spiro atoms. The number of hydrogen-bond acceptors (Lipinski definition) is 16. The van der Waals surface area contributed by atoms with Crippen molar-refractivity contribution < 1.29 is 53.9 Å². The molecule has 336 valence electrons. The molecule has 0 radical (unpaired) electrons. The van der Waals surface area contributed by atoms with E-state index in [1.165, 1.54) is 74.5 Å². The van der Waals surface area contributed by atoms with Crippen LogP contribution in [0.25, 0.3) is 21.5 Å². The topological polar surface area (TPSA) is 302 Å². The summed E-state index contributed by atoms with van der Waals surface area (Å²) in [6.45, 7) is 10.1. The van der Waals surface area contributed by atoms with Crippen molar-refractivity contribution in [1.82, 2.24) is 0 Å². The van der Waals surface area contributed by atoms with E-state index in [2.05, 4.69) is 10.6 Å². The Labute approximate surface area is 358 Å². The van der Waals surface area contributed by atoms with E-state index in [9.17, 15) is 46.2 Å². The van der Waals surface area contributed by atoms with Crippen LogP contribution in [0.3, 0.4) is 0 Å². The summed E-state index contributed by atoms with van der Waals surface area (Å²) in [5, 5.41) is 39.5. The first-order valence-electron chi connectivity index (χ1n) is 18.8. The highest BCUT2D eigenvalue weighted by Gasteiger charge is 2.45. The number of primary sulfonamides is 2. The van der Waals surface area contributed by atoms with E-state index in [1.54, 1.807) is 58.0 Å². The number of sulfonamides is 2. The quantitative estimate of drug-likeness (QED) is 0.0342. The molecule has 0 bridgehead atoms. The maximum absolute atomic E-state index is 13.8. The number of benzene rings is 5. The molecule has 5 aromatic rings. The van der Waals surface area contributed by atoms with Crippen LogP contribution in [-0.2, 0) is 47.3 Å². The lowest BCUT2D eigenvalue weighted by molar-refractivity contribution is -0.384. The fraction of sp³-hybridized carbons (Fsp3) is 0.316. The van der Waals surface area contributed by atoms with Gasteiger partial charge in [-0.1, -0.05) is 54.6 Å². The molecule has 0 aliphatic rings. The SMILES string of the molecule is CCOP(=O)(OCC)C(C)(C)Nc1c([N+](=O)[O-])ccc2c(S(N)(=O)=O)cccc12.CCOP(=O)(OCC)C(Nc1c([N+](=O)[O-])ccc2c(S(N)(=O)=O)cccc12)c1ccccc1. The van der Waals surface area contributed by atoms with Gasteiger partial charge in [0, 0.05) is 33.7 Å². The van der Waals surface area contributed by atoms with E-state index in [0.717, 1.165) is 0 Å². The molecule has 0 amide bonds. The molecule has 62 heavy (non-hydrogen) atoms. The third-order valence-electron chi connectivity index (χ3n) is 9.05. The number of nitro groups is 2. The van der Waals surface area contributed by atoms with Gasteiger partial charge in [0.2, 0.25) is 20.0 Å².